The molecule has 0 aromatic carbocycles. The molecule has 0 spiro atoms. The van der Waals surface area contributed by atoms with Crippen molar-refractivity contribution >= 4 is 23.1 Å². The van der Waals surface area contributed by atoms with Crippen LogP contribution in [0.5, 0.6) is 0 Å². The third-order valence-corrected chi connectivity index (χ3v) is 3.98. The number of anilines is 1. The fourth-order valence-corrected chi connectivity index (χ4v) is 2.65. The standard InChI is InChI=1S/C14H19N5OS/c1-3-4-11-5-10(6-13(18-11)19-15)14(20)16-7-12-9(2)17-8-21-12/h5-6,8H,3-4,7,15H2,1-2H3,(H,16,20)(H,18,19). The van der Waals surface area contributed by atoms with Crippen LogP contribution in [0.4, 0.5) is 5.82 Å². The lowest BCUT2D eigenvalue weighted by atomic mass is 10.1. The van der Waals surface area contributed by atoms with E-state index in [1.807, 2.05) is 6.92 Å². The van der Waals surface area contributed by atoms with Crippen molar-refractivity contribution in [3.05, 3.63) is 39.5 Å². The number of hydrogen-bond acceptors (Lipinski definition) is 6. The van der Waals surface area contributed by atoms with Crippen molar-refractivity contribution in [1.82, 2.24) is 15.3 Å². The summed E-state index contributed by atoms with van der Waals surface area (Å²) in [6.45, 7) is 4.48. The molecule has 1 amide bonds. The van der Waals surface area contributed by atoms with E-state index in [-0.39, 0.29) is 5.91 Å². The van der Waals surface area contributed by atoms with Gasteiger partial charge in [0.25, 0.3) is 5.91 Å². The molecular formula is C14H19N5OS. The Hall–Kier alpha value is -1.99. The van der Waals surface area contributed by atoms with Gasteiger partial charge in [-0.15, -0.1) is 11.3 Å². The molecule has 6 nitrogen and oxygen atoms in total. The van der Waals surface area contributed by atoms with E-state index in [2.05, 4.69) is 27.6 Å². The number of hydrazine groups is 1. The number of rotatable bonds is 6. The summed E-state index contributed by atoms with van der Waals surface area (Å²) in [5.41, 5.74) is 6.64. The summed E-state index contributed by atoms with van der Waals surface area (Å²) in [6, 6.07) is 3.45. The maximum absolute atomic E-state index is 12.3. The average Bonchev–Trinajstić information content (AvgIpc) is 2.90. The molecule has 4 N–H and O–H groups in total. The highest BCUT2D eigenvalue weighted by Gasteiger charge is 2.10. The van der Waals surface area contributed by atoms with Gasteiger partial charge in [0.05, 0.1) is 17.7 Å². The van der Waals surface area contributed by atoms with Crippen LogP contribution >= 0.6 is 11.3 Å². The molecule has 0 saturated carbocycles. The van der Waals surface area contributed by atoms with Gasteiger partial charge in [0.15, 0.2) is 0 Å². The summed E-state index contributed by atoms with van der Waals surface area (Å²) < 4.78 is 0. The molecule has 0 fully saturated rings. The van der Waals surface area contributed by atoms with Crippen molar-refractivity contribution in [2.45, 2.75) is 33.2 Å². The Bertz CT molecular complexity index is 626. The first-order valence-corrected chi connectivity index (χ1v) is 7.66. The Balaban J connectivity index is 2.10. The minimum absolute atomic E-state index is 0.140. The molecule has 0 unspecified atom stereocenters. The van der Waals surface area contributed by atoms with E-state index < -0.39 is 0 Å². The lowest BCUT2D eigenvalue weighted by Crippen LogP contribution is -2.23. The fraction of sp³-hybridized carbons (Fsp3) is 0.357. The molecule has 0 bridgehead atoms. The van der Waals surface area contributed by atoms with E-state index in [1.165, 1.54) is 11.3 Å². The highest BCUT2D eigenvalue weighted by Crippen LogP contribution is 2.14. The fourth-order valence-electron chi connectivity index (χ4n) is 1.94. The maximum atomic E-state index is 12.3. The van der Waals surface area contributed by atoms with Crippen molar-refractivity contribution in [2.24, 2.45) is 5.84 Å². The van der Waals surface area contributed by atoms with Crippen LogP contribution in [0.1, 0.15) is 40.0 Å². The molecule has 0 atom stereocenters. The number of amides is 1. The molecular weight excluding hydrogens is 286 g/mol. The largest absolute Gasteiger partial charge is 0.347 e. The number of aryl methyl sites for hydroxylation is 2. The first-order chi connectivity index (χ1) is 10.1. The zero-order valence-corrected chi connectivity index (χ0v) is 13.0. The first kappa shape index (κ1) is 15.4. The molecule has 21 heavy (non-hydrogen) atoms. The zero-order chi connectivity index (χ0) is 15.2. The number of nitrogens with one attached hydrogen (secondary N) is 2. The smallest absolute Gasteiger partial charge is 0.251 e. The number of nitrogens with zero attached hydrogens (tertiary/aromatic N) is 2. The molecule has 0 radical (unpaired) electrons. The second-order valence-electron chi connectivity index (χ2n) is 4.67. The van der Waals surface area contributed by atoms with Crippen LogP contribution in [0.2, 0.25) is 0 Å². The highest BCUT2D eigenvalue weighted by molar-refractivity contribution is 7.09. The van der Waals surface area contributed by atoms with Crippen molar-refractivity contribution in [2.75, 3.05) is 5.43 Å². The molecule has 7 heteroatoms. The molecule has 0 aliphatic heterocycles. The van der Waals surface area contributed by atoms with Crippen LogP contribution in [-0.2, 0) is 13.0 Å². The third-order valence-electron chi connectivity index (χ3n) is 3.05. The van der Waals surface area contributed by atoms with Gasteiger partial charge < -0.3 is 10.7 Å². The van der Waals surface area contributed by atoms with Gasteiger partial charge >= 0.3 is 0 Å². The van der Waals surface area contributed by atoms with E-state index in [9.17, 15) is 4.79 Å². The number of carbonyl (C=O) groups excluding carboxylic acids is 1. The number of pyridine rings is 1. The lowest BCUT2D eigenvalue weighted by Gasteiger charge is -2.09. The van der Waals surface area contributed by atoms with Crippen molar-refractivity contribution < 1.29 is 4.79 Å². The summed E-state index contributed by atoms with van der Waals surface area (Å²) in [6.07, 6.45) is 1.77. The van der Waals surface area contributed by atoms with E-state index >= 15 is 0 Å². The Morgan fingerprint density at radius 2 is 2.24 bits per heavy atom. The second-order valence-corrected chi connectivity index (χ2v) is 5.61. The average molecular weight is 305 g/mol. The molecule has 2 rings (SSSR count). The molecule has 0 aliphatic rings. The SMILES string of the molecule is CCCc1cc(C(=O)NCc2scnc2C)cc(NN)n1. The number of carbonyl (C=O) groups is 1. The van der Waals surface area contributed by atoms with E-state index in [4.69, 9.17) is 5.84 Å². The number of thiazole rings is 1. The van der Waals surface area contributed by atoms with Crippen LogP contribution < -0.4 is 16.6 Å². The van der Waals surface area contributed by atoms with Crippen LogP contribution in [0.25, 0.3) is 0 Å². The molecule has 2 aromatic rings. The van der Waals surface area contributed by atoms with Gasteiger partial charge in [-0.25, -0.2) is 15.8 Å². The van der Waals surface area contributed by atoms with Gasteiger partial charge in [0, 0.05) is 16.1 Å². The predicted molar refractivity (Wildman–Crippen MR) is 84.1 cm³/mol. The van der Waals surface area contributed by atoms with Crippen molar-refractivity contribution in [3.8, 4) is 0 Å². The zero-order valence-electron chi connectivity index (χ0n) is 12.1. The lowest BCUT2D eigenvalue weighted by molar-refractivity contribution is 0.0951. The minimum atomic E-state index is -0.140. The van der Waals surface area contributed by atoms with Crippen LogP contribution in [0.3, 0.4) is 0 Å². The number of nitrogens with two attached hydrogens (primary N) is 1. The third kappa shape index (κ3) is 3.99. The summed E-state index contributed by atoms with van der Waals surface area (Å²) in [5.74, 6) is 5.76. The van der Waals surface area contributed by atoms with Gasteiger partial charge in [0.2, 0.25) is 0 Å². The van der Waals surface area contributed by atoms with Crippen molar-refractivity contribution in [1.29, 1.82) is 0 Å². The van der Waals surface area contributed by atoms with Crippen LogP contribution in [0, 0.1) is 6.92 Å². The number of nitrogen functional groups attached to an aromatic ring is 1. The Morgan fingerprint density at radius 1 is 1.43 bits per heavy atom. The second kappa shape index (κ2) is 7.14. The molecule has 2 aromatic heterocycles. The molecule has 0 saturated heterocycles. The molecule has 112 valence electrons. The Labute approximate surface area is 127 Å². The van der Waals surface area contributed by atoms with Gasteiger partial charge in [-0.3, -0.25) is 4.79 Å². The van der Waals surface area contributed by atoms with Crippen LogP contribution in [0.15, 0.2) is 17.6 Å². The summed E-state index contributed by atoms with van der Waals surface area (Å²) in [5, 5.41) is 2.90. The van der Waals surface area contributed by atoms with E-state index in [1.54, 1.807) is 17.6 Å². The summed E-state index contributed by atoms with van der Waals surface area (Å²) in [4.78, 5) is 21.8. The normalized spacial score (nSPS) is 10.4. The highest BCUT2D eigenvalue weighted by atomic mass is 32.1. The van der Waals surface area contributed by atoms with E-state index in [0.717, 1.165) is 29.1 Å². The van der Waals surface area contributed by atoms with Crippen molar-refractivity contribution in [3.63, 3.8) is 0 Å². The summed E-state index contributed by atoms with van der Waals surface area (Å²) >= 11 is 1.54. The van der Waals surface area contributed by atoms with E-state index in [0.29, 0.717) is 17.9 Å². The topological polar surface area (TPSA) is 92.9 Å². The monoisotopic (exact) mass is 305 g/mol. The maximum Gasteiger partial charge on any atom is 0.251 e. The van der Waals surface area contributed by atoms with Gasteiger partial charge in [-0.2, -0.15) is 0 Å². The summed E-state index contributed by atoms with van der Waals surface area (Å²) in [7, 11) is 0. The quantitative estimate of drug-likeness (QED) is 0.561. The predicted octanol–water partition coefficient (Wildman–Crippen LogP) is 2.01. The first-order valence-electron chi connectivity index (χ1n) is 6.78. The van der Waals surface area contributed by atoms with Crippen LogP contribution in [-0.4, -0.2) is 15.9 Å². The number of aromatic nitrogens is 2. The van der Waals surface area contributed by atoms with Gasteiger partial charge in [-0.05, 0) is 25.5 Å². The van der Waals surface area contributed by atoms with Gasteiger partial charge in [0.1, 0.15) is 5.82 Å². The Kier molecular flexibility index (Phi) is 5.24. The van der Waals surface area contributed by atoms with Gasteiger partial charge in [-0.1, -0.05) is 13.3 Å². The Morgan fingerprint density at radius 3 is 2.86 bits per heavy atom. The minimum Gasteiger partial charge on any atom is -0.347 e. The number of hydrogen-bond donors (Lipinski definition) is 3. The molecule has 0 aliphatic carbocycles. The molecule has 2 heterocycles.